The number of nitro groups is 1. The van der Waals surface area contributed by atoms with Crippen LogP contribution in [0.15, 0.2) is 18.2 Å². The summed E-state index contributed by atoms with van der Waals surface area (Å²) in [5, 5.41) is 15.6. The van der Waals surface area contributed by atoms with Crippen molar-refractivity contribution in [2.45, 2.75) is 39.4 Å². The van der Waals surface area contributed by atoms with Crippen molar-refractivity contribution in [3.8, 4) is 11.5 Å². The molecule has 1 aromatic carbocycles. The van der Waals surface area contributed by atoms with Gasteiger partial charge in [0.25, 0.3) is 0 Å². The molecule has 2 heterocycles. The predicted octanol–water partition coefficient (Wildman–Crippen LogP) is 1.80. The normalized spacial score (nSPS) is 19.5. The fraction of sp³-hybridized carbons (Fsp3) is 0.500. The maximum Gasteiger partial charge on any atom is 0.312 e. The summed E-state index contributed by atoms with van der Waals surface area (Å²) >= 11 is 0. The molecule has 0 aliphatic carbocycles. The molecule has 140 valence electrons. The average molecular weight is 361 g/mol. The Hall–Kier alpha value is -2.61. The lowest BCUT2D eigenvalue weighted by atomic mass is 10.0. The number of hydrogen-bond donors (Lipinski definition) is 1. The van der Waals surface area contributed by atoms with Gasteiger partial charge in [0.2, 0.25) is 0 Å². The summed E-state index contributed by atoms with van der Waals surface area (Å²) in [6, 6.07) is 6.08. The minimum absolute atomic E-state index is 0.110. The first kappa shape index (κ1) is 18.2. The summed E-state index contributed by atoms with van der Waals surface area (Å²) in [4.78, 5) is 12.2. The summed E-state index contributed by atoms with van der Waals surface area (Å²) in [5.41, 5.74) is 2.28. The molecule has 0 saturated carbocycles. The molecule has 1 fully saturated rings. The van der Waals surface area contributed by atoms with Gasteiger partial charge >= 0.3 is 5.69 Å². The Labute approximate surface area is 152 Å². The van der Waals surface area contributed by atoms with Crippen LogP contribution in [0.4, 0.5) is 5.69 Å². The minimum Gasteiger partial charge on any atom is -0.497 e. The van der Waals surface area contributed by atoms with Crippen LogP contribution in [0.5, 0.6) is 11.5 Å². The average Bonchev–Trinajstić information content (AvgIpc) is 3.18. The van der Waals surface area contributed by atoms with Gasteiger partial charge in [-0.2, -0.15) is 5.10 Å². The molecule has 1 N–H and O–H groups in total. The van der Waals surface area contributed by atoms with Crippen LogP contribution in [0, 0.1) is 24.0 Å². The van der Waals surface area contributed by atoms with Crippen molar-refractivity contribution in [1.82, 2.24) is 9.78 Å². The van der Waals surface area contributed by atoms with Crippen LogP contribution in [0.2, 0.25) is 0 Å². The van der Waals surface area contributed by atoms with Gasteiger partial charge < -0.3 is 14.4 Å². The fourth-order valence-corrected chi connectivity index (χ4v) is 3.89. The predicted molar refractivity (Wildman–Crippen MR) is 95.7 cm³/mol. The Bertz CT molecular complexity index is 818. The number of ether oxygens (including phenoxy) is 2. The van der Waals surface area contributed by atoms with Crippen LogP contribution in [-0.4, -0.2) is 35.5 Å². The molecule has 2 atom stereocenters. The van der Waals surface area contributed by atoms with Crippen molar-refractivity contribution >= 4 is 5.69 Å². The molecule has 8 nitrogen and oxygen atoms in total. The standard InChI is InChI=1S/C18H24N4O4/c1-12-18(22(23)24)13(2)21(19-12)11-20-9-5-6-16(20)15-10-14(25-3)7-8-17(15)26-4/h7-8,10,16H,5-6,9,11H2,1-4H3/p+1/t16-/m0/s1. The summed E-state index contributed by atoms with van der Waals surface area (Å²) in [6.07, 6.45) is 2.11. The molecule has 2 aromatic rings. The van der Waals surface area contributed by atoms with Gasteiger partial charge in [-0.15, -0.1) is 0 Å². The number of hydrogen-bond acceptors (Lipinski definition) is 5. The number of benzene rings is 1. The maximum atomic E-state index is 11.2. The molecule has 0 spiro atoms. The topological polar surface area (TPSA) is 83.9 Å². The number of aryl methyl sites for hydroxylation is 1. The van der Waals surface area contributed by atoms with Crippen molar-refractivity contribution < 1.29 is 19.3 Å². The quantitative estimate of drug-likeness (QED) is 0.627. The molecule has 1 aromatic heterocycles. The van der Waals surface area contributed by atoms with Crippen molar-refractivity contribution in [2.24, 2.45) is 0 Å². The number of nitrogens with zero attached hydrogens (tertiary/aromatic N) is 3. The highest BCUT2D eigenvalue weighted by atomic mass is 16.6. The van der Waals surface area contributed by atoms with Gasteiger partial charge in [-0.25, -0.2) is 4.68 Å². The van der Waals surface area contributed by atoms with E-state index in [1.54, 1.807) is 32.7 Å². The zero-order valence-corrected chi connectivity index (χ0v) is 15.6. The van der Waals surface area contributed by atoms with Crippen LogP contribution in [0.25, 0.3) is 0 Å². The van der Waals surface area contributed by atoms with Gasteiger partial charge in [-0.3, -0.25) is 10.1 Å². The van der Waals surface area contributed by atoms with Gasteiger partial charge in [0.1, 0.15) is 28.9 Å². The molecule has 8 heteroatoms. The Morgan fingerprint density at radius 2 is 2.12 bits per heavy atom. The second kappa shape index (κ2) is 7.33. The molecule has 3 rings (SSSR count). The smallest absolute Gasteiger partial charge is 0.312 e. The zero-order valence-electron chi connectivity index (χ0n) is 15.6. The van der Waals surface area contributed by atoms with E-state index in [2.05, 4.69) is 5.10 Å². The SMILES string of the molecule is COc1ccc(OC)c([C@@H]2CCC[NH+]2Cn2nc(C)c([N+](=O)[O-])c2C)c1. The number of rotatable bonds is 6. The molecule has 1 unspecified atom stereocenters. The monoisotopic (exact) mass is 361 g/mol. The largest absolute Gasteiger partial charge is 0.497 e. The second-order valence-corrected chi connectivity index (χ2v) is 6.65. The van der Waals surface area contributed by atoms with E-state index in [1.165, 1.54) is 4.90 Å². The zero-order chi connectivity index (χ0) is 18.8. The van der Waals surface area contributed by atoms with Gasteiger partial charge in [0.05, 0.1) is 31.3 Å². The number of likely N-dealkylation sites (tertiary alicyclic amines) is 1. The summed E-state index contributed by atoms with van der Waals surface area (Å²) in [6.45, 7) is 5.01. The maximum absolute atomic E-state index is 11.2. The lowest BCUT2D eigenvalue weighted by molar-refractivity contribution is -0.941. The highest BCUT2D eigenvalue weighted by molar-refractivity contribution is 5.42. The van der Waals surface area contributed by atoms with E-state index in [0.29, 0.717) is 18.1 Å². The molecular formula is C18H25N4O4+. The van der Waals surface area contributed by atoms with Gasteiger partial charge in [0.15, 0.2) is 6.67 Å². The first-order valence-corrected chi connectivity index (χ1v) is 8.71. The van der Waals surface area contributed by atoms with Crippen molar-refractivity contribution in [2.75, 3.05) is 20.8 Å². The number of nitrogens with one attached hydrogen (secondary N) is 1. The van der Waals surface area contributed by atoms with Crippen LogP contribution >= 0.6 is 0 Å². The van der Waals surface area contributed by atoms with Gasteiger partial charge in [-0.1, -0.05) is 0 Å². The highest BCUT2D eigenvalue weighted by Gasteiger charge is 2.34. The molecule has 1 saturated heterocycles. The molecular weight excluding hydrogens is 336 g/mol. The van der Waals surface area contributed by atoms with Crippen LogP contribution in [-0.2, 0) is 6.67 Å². The van der Waals surface area contributed by atoms with E-state index < -0.39 is 0 Å². The second-order valence-electron chi connectivity index (χ2n) is 6.65. The van der Waals surface area contributed by atoms with Gasteiger partial charge in [0, 0.05) is 12.8 Å². The molecule has 0 bridgehead atoms. The molecule has 0 amide bonds. The van der Waals surface area contributed by atoms with Gasteiger partial charge in [-0.05, 0) is 32.0 Å². The van der Waals surface area contributed by atoms with E-state index in [1.807, 2.05) is 18.2 Å². The third-order valence-electron chi connectivity index (χ3n) is 5.17. The number of aromatic nitrogens is 2. The van der Waals surface area contributed by atoms with Crippen molar-refractivity contribution in [1.29, 1.82) is 0 Å². The lowest BCUT2D eigenvalue weighted by Crippen LogP contribution is -3.09. The summed E-state index contributed by atoms with van der Waals surface area (Å²) in [5.74, 6) is 1.64. The Morgan fingerprint density at radius 1 is 1.35 bits per heavy atom. The van der Waals surface area contributed by atoms with E-state index >= 15 is 0 Å². The Kier molecular flexibility index (Phi) is 5.13. The third kappa shape index (κ3) is 3.24. The van der Waals surface area contributed by atoms with Crippen molar-refractivity contribution in [3.05, 3.63) is 45.3 Å². The number of quaternary nitrogens is 1. The first-order valence-electron chi connectivity index (χ1n) is 8.71. The molecule has 26 heavy (non-hydrogen) atoms. The highest BCUT2D eigenvalue weighted by Crippen LogP contribution is 2.32. The van der Waals surface area contributed by atoms with Crippen LogP contribution < -0.4 is 14.4 Å². The summed E-state index contributed by atoms with van der Waals surface area (Å²) < 4.78 is 12.7. The van der Waals surface area contributed by atoms with E-state index in [4.69, 9.17) is 9.47 Å². The van der Waals surface area contributed by atoms with Crippen molar-refractivity contribution in [3.63, 3.8) is 0 Å². The summed E-state index contributed by atoms with van der Waals surface area (Å²) in [7, 11) is 3.32. The molecule has 1 aliphatic heterocycles. The minimum atomic E-state index is -0.351. The Balaban J connectivity index is 1.90. The fourth-order valence-electron chi connectivity index (χ4n) is 3.89. The molecule has 0 radical (unpaired) electrons. The first-order chi connectivity index (χ1) is 12.5. The van der Waals surface area contributed by atoms with Crippen LogP contribution in [0.3, 0.4) is 0 Å². The lowest BCUT2D eigenvalue weighted by Gasteiger charge is -2.24. The van der Waals surface area contributed by atoms with Crippen LogP contribution in [0.1, 0.15) is 35.8 Å². The Morgan fingerprint density at radius 3 is 2.73 bits per heavy atom. The van der Waals surface area contributed by atoms with E-state index in [-0.39, 0.29) is 16.7 Å². The van der Waals surface area contributed by atoms with E-state index in [9.17, 15) is 10.1 Å². The number of methoxy groups -OCH3 is 2. The van der Waals surface area contributed by atoms with E-state index in [0.717, 1.165) is 36.4 Å². The molecule has 1 aliphatic rings. The third-order valence-corrected chi connectivity index (χ3v) is 5.17.